The highest BCUT2D eigenvalue weighted by Gasteiger charge is 2.13. The molecule has 1 N–H and O–H groups in total. The summed E-state index contributed by atoms with van der Waals surface area (Å²) in [6.07, 6.45) is 0. The number of para-hydroxylation sites is 1. The Morgan fingerprint density at radius 2 is 2.00 bits per heavy atom. The maximum Gasteiger partial charge on any atom is 0.249 e. The number of aromatic nitrogens is 2. The number of anilines is 1. The predicted octanol–water partition coefficient (Wildman–Crippen LogP) is 4.28. The van der Waals surface area contributed by atoms with E-state index >= 15 is 0 Å². The molecule has 0 amide bonds. The first kappa shape index (κ1) is 12.9. The third-order valence-corrected chi connectivity index (χ3v) is 4.08. The van der Waals surface area contributed by atoms with Crippen molar-refractivity contribution in [3.8, 4) is 11.5 Å². The van der Waals surface area contributed by atoms with Crippen LogP contribution in [0, 0.1) is 6.92 Å². The lowest BCUT2D eigenvalue weighted by Crippen LogP contribution is -2.05. The number of hydrogen-bond acceptors (Lipinski definition) is 5. The summed E-state index contributed by atoms with van der Waals surface area (Å²) in [6.45, 7) is 3.93. The van der Waals surface area contributed by atoms with Crippen LogP contribution in [0.5, 0.6) is 0 Å². The number of nitrogens with zero attached hydrogens (tertiary/aromatic N) is 2. The van der Waals surface area contributed by atoms with Crippen LogP contribution in [0.2, 0.25) is 0 Å². The Kier molecular flexibility index (Phi) is 3.52. The van der Waals surface area contributed by atoms with Crippen molar-refractivity contribution < 1.29 is 4.42 Å². The molecule has 1 unspecified atom stereocenters. The molecular weight excluding hydrogens is 270 g/mol. The van der Waals surface area contributed by atoms with Crippen LogP contribution in [0.3, 0.4) is 0 Å². The topological polar surface area (TPSA) is 51.0 Å². The van der Waals surface area contributed by atoms with Crippen molar-refractivity contribution in [2.45, 2.75) is 19.9 Å². The molecule has 0 aliphatic rings. The summed E-state index contributed by atoms with van der Waals surface area (Å²) in [5.41, 5.74) is 1.92. The molecule has 0 aliphatic heterocycles. The molecule has 0 saturated heterocycles. The van der Waals surface area contributed by atoms with E-state index in [1.54, 1.807) is 18.3 Å². The summed E-state index contributed by atoms with van der Waals surface area (Å²) in [6, 6.07) is 12.4. The normalized spacial score (nSPS) is 12.3. The lowest BCUT2D eigenvalue weighted by atomic mass is 10.1. The van der Waals surface area contributed by atoms with Crippen molar-refractivity contribution in [2.75, 3.05) is 5.32 Å². The molecule has 20 heavy (non-hydrogen) atoms. The van der Waals surface area contributed by atoms with Gasteiger partial charge in [0.05, 0.1) is 11.6 Å². The molecule has 0 spiro atoms. The molecular formula is C15H15N3OS. The van der Waals surface area contributed by atoms with Gasteiger partial charge in [0, 0.05) is 17.5 Å². The van der Waals surface area contributed by atoms with Crippen LogP contribution in [0.15, 0.2) is 46.2 Å². The van der Waals surface area contributed by atoms with Gasteiger partial charge in [-0.25, -0.2) is 0 Å². The van der Waals surface area contributed by atoms with Gasteiger partial charge in [0.25, 0.3) is 0 Å². The molecule has 3 rings (SSSR count). The minimum Gasteiger partial charge on any atom is -0.421 e. The van der Waals surface area contributed by atoms with Crippen LogP contribution in [-0.2, 0) is 0 Å². The van der Waals surface area contributed by atoms with Crippen LogP contribution in [0.4, 0.5) is 5.69 Å². The van der Waals surface area contributed by atoms with Gasteiger partial charge in [-0.05, 0) is 30.5 Å². The van der Waals surface area contributed by atoms with Crippen molar-refractivity contribution in [3.63, 3.8) is 0 Å². The van der Waals surface area contributed by atoms with Gasteiger partial charge in [-0.1, -0.05) is 18.2 Å². The van der Waals surface area contributed by atoms with Gasteiger partial charge >= 0.3 is 0 Å². The number of rotatable bonds is 4. The number of aryl methyl sites for hydroxylation is 1. The second-order valence-electron chi connectivity index (χ2n) is 4.55. The highest BCUT2D eigenvalue weighted by Crippen LogP contribution is 2.30. The number of hydrogen-bond donors (Lipinski definition) is 1. The average molecular weight is 285 g/mol. The summed E-state index contributed by atoms with van der Waals surface area (Å²) in [7, 11) is 0. The van der Waals surface area contributed by atoms with E-state index in [1.807, 2.05) is 24.3 Å². The lowest BCUT2D eigenvalue weighted by molar-refractivity contribution is 0.533. The monoisotopic (exact) mass is 285 g/mol. The zero-order valence-electron chi connectivity index (χ0n) is 11.3. The van der Waals surface area contributed by atoms with Crippen LogP contribution >= 0.6 is 11.3 Å². The van der Waals surface area contributed by atoms with Crippen LogP contribution in [0.25, 0.3) is 11.5 Å². The summed E-state index contributed by atoms with van der Waals surface area (Å²) < 4.78 is 5.52. The Morgan fingerprint density at radius 3 is 2.70 bits per heavy atom. The molecule has 1 atom stereocenters. The Hall–Kier alpha value is -2.14. The van der Waals surface area contributed by atoms with Crippen molar-refractivity contribution in [2.24, 2.45) is 0 Å². The standard InChI is InChI=1S/C15H15N3OS/c1-10(14-8-5-9-20-14)16-13-7-4-3-6-12(13)15-18-17-11(2)19-15/h3-10,16H,1-2H3. The van der Waals surface area contributed by atoms with Crippen LogP contribution < -0.4 is 5.32 Å². The van der Waals surface area contributed by atoms with Crippen LogP contribution in [-0.4, -0.2) is 10.2 Å². The molecule has 0 fully saturated rings. The fourth-order valence-corrected chi connectivity index (χ4v) is 2.78. The maximum absolute atomic E-state index is 5.52. The summed E-state index contributed by atoms with van der Waals surface area (Å²) in [4.78, 5) is 1.29. The maximum atomic E-state index is 5.52. The van der Waals surface area contributed by atoms with Gasteiger partial charge in [-0.3, -0.25) is 0 Å². The van der Waals surface area contributed by atoms with Gasteiger partial charge in [-0.15, -0.1) is 21.5 Å². The van der Waals surface area contributed by atoms with Gasteiger partial charge < -0.3 is 9.73 Å². The fourth-order valence-electron chi connectivity index (χ4n) is 2.04. The number of benzene rings is 1. The van der Waals surface area contributed by atoms with E-state index < -0.39 is 0 Å². The highest BCUT2D eigenvalue weighted by molar-refractivity contribution is 7.10. The zero-order valence-corrected chi connectivity index (χ0v) is 12.1. The van der Waals surface area contributed by atoms with Crippen molar-refractivity contribution in [1.29, 1.82) is 0 Å². The first-order valence-corrected chi connectivity index (χ1v) is 7.31. The predicted molar refractivity (Wildman–Crippen MR) is 80.8 cm³/mol. The molecule has 2 heterocycles. The smallest absolute Gasteiger partial charge is 0.249 e. The number of nitrogens with one attached hydrogen (secondary N) is 1. The largest absolute Gasteiger partial charge is 0.421 e. The van der Waals surface area contributed by atoms with Gasteiger partial charge in [-0.2, -0.15) is 0 Å². The van der Waals surface area contributed by atoms with E-state index in [0.29, 0.717) is 11.8 Å². The van der Waals surface area contributed by atoms with Crippen molar-refractivity contribution in [3.05, 3.63) is 52.5 Å². The van der Waals surface area contributed by atoms with E-state index in [1.165, 1.54) is 4.88 Å². The van der Waals surface area contributed by atoms with E-state index in [9.17, 15) is 0 Å². The quantitative estimate of drug-likeness (QED) is 0.777. The second kappa shape index (κ2) is 5.46. The van der Waals surface area contributed by atoms with Crippen molar-refractivity contribution >= 4 is 17.0 Å². The third kappa shape index (κ3) is 2.58. The van der Waals surface area contributed by atoms with E-state index in [2.05, 4.69) is 40.0 Å². The van der Waals surface area contributed by atoms with E-state index in [0.717, 1.165) is 11.3 Å². The van der Waals surface area contributed by atoms with E-state index in [4.69, 9.17) is 4.42 Å². The third-order valence-electron chi connectivity index (χ3n) is 3.03. The first-order chi connectivity index (χ1) is 9.74. The molecule has 3 aromatic rings. The molecule has 0 aliphatic carbocycles. The highest BCUT2D eigenvalue weighted by atomic mass is 32.1. The van der Waals surface area contributed by atoms with Gasteiger partial charge in [0.15, 0.2) is 0 Å². The van der Waals surface area contributed by atoms with Crippen molar-refractivity contribution in [1.82, 2.24) is 10.2 Å². The molecule has 4 nitrogen and oxygen atoms in total. The fraction of sp³-hybridized carbons (Fsp3) is 0.200. The molecule has 0 saturated carbocycles. The Labute approximate surface area is 121 Å². The lowest BCUT2D eigenvalue weighted by Gasteiger charge is -2.15. The minimum atomic E-state index is 0.236. The SMILES string of the molecule is Cc1nnc(-c2ccccc2NC(C)c2cccs2)o1. The van der Waals surface area contributed by atoms with Gasteiger partial charge in [0.2, 0.25) is 11.8 Å². The summed E-state index contributed by atoms with van der Waals surface area (Å²) in [5, 5.41) is 13.6. The number of thiophene rings is 1. The zero-order chi connectivity index (χ0) is 13.9. The molecule has 5 heteroatoms. The summed E-state index contributed by atoms with van der Waals surface area (Å²) in [5.74, 6) is 1.12. The summed E-state index contributed by atoms with van der Waals surface area (Å²) >= 11 is 1.74. The molecule has 0 radical (unpaired) electrons. The molecule has 102 valence electrons. The minimum absolute atomic E-state index is 0.236. The average Bonchev–Trinajstić information content (AvgIpc) is 3.10. The molecule has 2 aromatic heterocycles. The Balaban J connectivity index is 1.90. The molecule has 1 aromatic carbocycles. The van der Waals surface area contributed by atoms with Gasteiger partial charge in [0.1, 0.15) is 0 Å². The molecule has 0 bridgehead atoms. The Bertz CT molecular complexity index is 691. The Morgan fingerprint density at radius 1 is 1.15 bits per heavy atom. The van der Waals surface area contributed by atoms with Crippen LogP contribution in [0.1, 0.15) is 23.7 Å². The second-order valence-corrected chi connectivity index (χ2v) is 5.53. The van der Waals surface area contributed by atoms with E-state index in [-0.39, 0.29) is 6.04 Å². The first-order valence-electron chi connectivity index (χ1n) is 6.43.